The van der Waals surface area contributed by atoms with E-state index >= 15 is 0 Å². The number of amides is 1. The topological polar surface area (TPSA) is 67.6 Å². The first kappa shape index (κ1) is 16.5. The Hall–Kier alpha value is -1.40. The maximum Gasteiger partial charge on any atom is 0.244 e. The Morgan fingerprint density at radius 1 is 1.48 bits per heavy atom. The van der Waals surface area contributed by atoms with Gasteiger partial charge in [-0.25, -0.2) is 0 Å². The molecule has 0 unspecified atom stereocenters. The molecule has 0 bridgehead atoms. The minimum Gasteiger partial charge on any atom is -0.389 e. The molecule has 2 fully saturated rings. The quantitative estimate of drug-likeness (QED) is 0.909. The highest BCUT2D eigenvalue weighted by Gasteiger charge is 2.45. The summed E-state index contributed by atoms with van der Waals surface area (Å²) in [5.41, 5.74) is 0.391. The monoisotopic (exact) mass is 321 g/mol. The molecule has 1 aromatic rings. The number of ether oxygens (including phenoxy) is 1. The molecule has 23 heavy (non-hydrogen) atoms. The molecular weight excluding hydrogens is 294 g/mol. The van der Waals surface area contributed by atoms with Crippen molar-refractivity contribution in [1.29, 1.82) is 0 Å². The van der Waals surface area contributed by atoms with E-state index in [0.29, 0.717) is 19.5 Å². The lowest BCUT2D eigenvalue weighted by Crippen LogP contribution is -2.57. The van der Waals surface area contributed by atoms with Crippen LogP contribution in [-0.2, 0) is 16.1 Å². The summed E-state index contributed by atoms with van der Waals surface area (Å²) >= 11 is 0. The summed E-state index contributed by atoms with van der Waals surface area (Å²) in [6, 6.07) is 0. The van der Waals surface area contributed by atoms with Crippen LogP contribution in [0.3, 0.4) is 0 Å². The summed E-state index contributed by atoms with van der Waals surface area (Å²) in [5.74, 6) is 0.453. The molecule has 128 valence electrons. The van der Waals surface area contributed by atoms with Crippen LogP contribution >= 0.6 is 0 Å². The molecule has 6 heteroatoms. The standard InChI is InChI=1S/C17H27N3O3/c1-13-9-18-20(10-13)12-16(21)19-6-5-17(22,14(2)11-19)15-3-7-23-8-4-15/h9-10,14-15,22H,3-8,11-12H2,1-2H3/t14-,17+/m1/s1. The SMILES string of the molecule is Cc1cnn(CC(=O)N2CC[C@@](O)(C3CCOCC3)[C@H](C)C2)c1. The summed E-state index contributed by atoms with van der Waals surface area (Å²) in [5, 5.41) is 15.3. The molecule has 2 atom stereocenters. The van der Waals surface area contributed by atoms with Gasteiger partial charge in [0.05, 0.1) is 11.8 Å². The van der Waals surface area contributed by atoms with Crippen molar-refractivity contribution < 1.29 is 14.6 Å². The van der Waals surface area contributed by atoms with Crippen LogP contribution in [0, 0.1) is 18.8 Å². The third-order valence-corrected chi connectivity index (χ3v) is 5.47. The minimum atomic E-state index is -0.664. The van der Waals surface area contributed by atoms with Crippen molar-refractivity contribution in [2.45, 2.75) is 45.3 Å². The maximum atomic E-state index is 12.5. The van der Waals surface area contributed by atoms with Gasteiger partial charge in [-0.2, -0.15) is 5.10 Å². The van der Waals surface area contributed by atoms with Crippen molar-refractivity contribution in [3.05, 3.63) is 18.0 Å². The summed E-state index contributed by atoms with van der Waals surface area (Å²) in [6.45, 7) is 7.01. The molecule has 0 aromatic carbocycles. The van der Waals surface area contributed by atoms with Crippen LogP contribution in [0.4, 0.5) is 0 Å². The van der Waals surface area contributed by atoms with Crippen LogP contribution < -0.4 is 0 Å². The highest BCUT2D eigenvalue weighted by atomic mass is 16.5. The number of carbonyl (C=O) groups is 1. The van der Waals surface area contributed by atoms with Gasteiger partial charge in [0.1, 0.15) is 6.54 Å². The molecule has 1 amide bonds. The first-order valence-corrected chi connectivity index (χ1v) is 8.56. The van der Waals surface area contributed by atoms with Crippen molar-refractivity contribution in [3.63, 3.8) is 0 Å². The Kier molecular flexibility index (Phi) is 4.73. The largest absolute Gasteiger partial charge is 0.389 e. The van der Waals surface area contributed by atoms with Crippen LogP contribution in [0.1, 0.15) is 31.7 Å². The molecule has 2 aliphatic heterocycles. The third-order valence-electron chi connectivity index (χ3n) is 5.47. The smallest absolute Gasteiger partial charge is 0.244 e. The second-order valence-electron chi connectivity index (χ2n) is 7.08. The molecule has 3 rings (SSSR count). The zero-order chi connectivity index (χ0) is 16.4. The second kappa shape index (κ2) is 6.61. The van der Waals surface area contributed by atoms with Gasteiger partial charge in [0, 0.05) is 38.4 Å². The molecule has 0 radical (unpaired) electrons. The number of piperidine rings is 1. The van der Waals surface area contributed by atoms with Crippen molar-refractivity contribution >= 4 is 5.91 Å². The van der Waals surface area contributed by atoms with Gasteiger partial charge in [0.25, 0.3) is 0 Å². The average molecular weight is 321 g/mol. The maximum absolute atomic E-state index is 12.5. The molecule has 0 aliphatic carbocycles. The lowest BCUT2D eigenvalue weighted by atomic mass is 9.70. The predicted octanol–water partition coefficient (Wildman–Crippen LogP) is 1.22. The Balaban J connectivity index is 1.60. The van der Waals surface area contributed by atoms with Gasteiger partial charge in [-0.15, -0.1) is 0 Å². The molecule has 3 heterocycles. The Morgan fingerprint density at radius 2 is 2.22 bits per heavy atom. The summed E-state index contributed by atoms with van der Waals surface area (Å²) in [6.07, 6.45) is 6.13. The molecule has 1 aromatic heterocycles. The number of nitrogens with zero attached hydrogens (tertiary/aromatic N) is 3. The lowest BCUT2D eigenvalue weighted by Gasteiger charge is -2.48. The first-order chi connectivity index (χ1) is 11.0. The molecule has 6 nitrogen and oxygen atoms in total. The molecule has 2 saturated heterocycles. The van der Waals surface area contributed by atoms with Gasteiger partial charge < -0.3 is 14.7 Å². The normalized spacial score (nSPS) is 29.7. The van der Waals surface area contributed by atoms with E-state index in [-0.39, 0.29) is 24.3 Å². The second-order valence-corrected chi connectivity index (χ2v) is 7.08. The molecular formula is C17H27N3O3. The van der Waals surface area contributed by atoms with Crippen molar-refractivity contribution in [2.75, 3.05) is 26.3 Å². The van der Waals surface area contributed by atoms with Crippen LogP contribution in [0.5, 0.6) is 0 Å². The molecule has 1 N–H and O–H groups in total. The number of aryl methyl sites for hydroxylation is 1. The van der Waals surface area contributed by atoms with E-state index in [4.69, 9.17) is 4.74 Å². The zero-order valence-electron chi connectivity index (χ0n) is 14.1. The van der Waals surface area contributed by atoms with Crippen molar-refractivity contribution in [2.24, 2.45) is 11.8 Å². The number of rotatable bonds is 3. The Labute approximate surface area is 137 Å². The third kappa shape index (κ3) is 3.43. The van der Waals surface area contributed by atoms with Crippen molar-refractivity contribution in [1.82, 2.24) is 14.7 Å². The van der Waals surface area contributed by atoms with E-state index in [1.165, 1.54) is 0 Å². The fourth-order valence-corrected chi connectivity index (χ4v) is 3.96. The molecule has 2 aliphatic rings. The Bertz CT molecular complexity index is 553. The number of aromatic nitrogens is 2. The fourth-order valence-electron chi connectivity index (χ4n) is 3.96. The van der Waals surface area contributed by atoms with E-state index in [0.717, 1.165) is 31.6 Å². The summed E-state index contributed by atoms with van der Waals surface area (Å²) in [7, 11) is 0. The van der Waals surface area contributed by atoms with Crippen LogP contribution in [0.2, 0.25) is 0 Å². The highest BCUT2D eigenvalue weighted by Crippen LogP contribution is 2.39. The molecule has 0 spiro atoms. The number of aliphatic hydroxyl groups is 1. The van der Waals surface area contributed by atoms with Gasteiger partial charge in [0.2, 0.25) is 5.91 Å². The number of hydrogen-bond acceptors (Lipinski definition) is 4. The van der Waals surface area contributed by atoms with Gasteiger partial charge in [-0.05, 0) is 37.7 Å². The highest BCUT2D eigenvalue weighted by molar-refractivity contribution is 5.76. The van der Waals surface area contributed by atoms with E-state index in [9.17, 15) is 9.90 Å². The van der Waals surface area contributed by atoms with Gasteiger partial charge in [-0.1, -0.05) is 6.92 Å². The van der Waals surface area contributed by atoms with Crippen molar-refractivity contribution in [3.8, 4) is 0 Å². The van der Waals surface area contributed by atoms with Crippen LogP contribution in [-0.4, -0.2) is 57.6 Å². The lowest BCUT2D eigenvalue weighted by molar-refractivity contribution is -0.151. The van der Waals surface area contributed by atoms with Crippen LogP contribution in [0.25, 0.3) is 0 Å². The van der Waals surface area contributed by atoms with Gasteiger partial charge in [-0.3, -0.25) is 9.48 Å². The van der Waals surface area contributed by atoms with E-state index < -0.39 is 5.60 Å². The molecule has 0 saturated carbocycles. The van der Waals surface area contributed by atoms with Gasteiger partial charge >= 0.3 is 0 Å². The Morgan fingerprint density at radius 3 is 2.83 bits per heavy atom. The predicted molar refractivity (Wildman–Crippen MR) is 85.8 cm³/mol. The minimum absolute atomic E-state index is 0.0778. The van der Waals surface area contributed by atoms with Crippen LogP contribution in [0.15, 0.2) is 12.4 Å². The average Bonchev–Trinajstić information content (AvgIpc) is 2.96. The number of likely N-dealkylation sites (tertiary alicyclic amines) is 1. The number of hydrogen-bond donors (Lipinski definition) is 1. The zero-order valence-corrected chi connectivity index (χ0v) is 14.1. The fraction of sp³-hybridized carbons (Fsp3) is 0.765. The summed E-state index contributed by atoms with van der Waals surface area (Å²) < 4.78 is 7.10. The van der Waals surface area contributed by atoms with E-state index in [2.05, 4.69) is 12.0 Å². The van der Waals surface area contributed by atoms with E-state index in [1.807, 2.05) is 18.0 Å². The summed E-state index contributed by atoms with van der Waals surface area (Å²) in [4.78, 5) is 14.3. The van der Waals surface area contributed by atoms with Gasteiger partial charge in [0.15, 0.2) is 0 Å². The first-order valence-electron chi connectivity index (χ1n) is 8.56. The number of carbonyl (C=O) groups excluding carboxylic acids is 1. The van der Waals surface area contributed by atoms with E-state index in [1.54, 1.807) is 10.9 Å².